The molecular formula is C20H22N2O4. The molecule has 0 heterocycles. The Morgan fingerprint density at radius 2 is 1.65 bits per heavy atom. The van der Waals surface area contributed by atoms with E-state index < -0.39 is 18.0 Å². The van der Waals surface area contributed by atoms with Gasteiger partial charge in [0.15, 0.2) is 6.10 Å². The number of hydrogen-bond donors (Lipinski definition) is 1. The molecule has 0 aromatic heterocycles. The summed E-state index contributed by atoms with van der Waals surface area (Å²) in [6.07, 6.45) is -0.986. The van der Waals surface area contributed by atoms with Crippen LogP contribution < -0.4 is 5.32 Å². The predicted molar refractivity (Wildman–Crippen MR) is 98.8 cm³/mol. The molecule has 0 saturated carbocycles. The van der Waals surface area contributed by atoms with Gasteiger partial charge in [-0.1, -0.05) is 35.9 Å². The summed E-state index contributed by atoms with van der Waals surface area (Å²) >= 11 is 0. The summed E-state index contributed by atoms with van der Waals surface area (Å²) in [5.41, 5.74) is 2.11. The summed E-state index contributed by atoms with van der Waals surface area (Å²) < 4.78 is 5.17. The molecule has 6 nitrogen and oxygen atoms in total. The minimum absolute atomic E-state index is 0.139. The molecule has 0 aliphatic heterocycles. The molecule has 2 aromatic carbocycles. The van der Waals surface area contributed by atoms with Crippen molar-refractivity contribution in [2.45, 2.75) is 20.0 Å². The number of anilines is 1. The lowest BCUT2D eigenvalue weighted by Gasteiger charge is -2.21. The third kappa shape index (κ3) is 5.44. The third-order valence-electron chi connectivity index (χ3n) is 3.73. The van der Waals surface area contributed by atoms with Crippen molar-refractivity contribution < 1.29 is 19.1 Å². The number of nitrogens with one attached hydrogen (secondary N) is 1. The van der Waals surface area contributed by atoms with Gasteiger partial charge < -0.3 is 15.0 Å². The van der Waals surface area contributed by atoms with Crippen molar-refractivity contribution in [3.05, 3.63) is 65.7 Å². The number of rotatable bonds is 6. The van der Waals surface area contributed by atoms with E-state index in [-0.39, 0.29) is 12.5 Å². The minimum Gasteiger partial charge on any atom is -0.449 e. The number of esters is 1. The smallest absolute Gasteiger partial charge is 0.338 e. The Labute approximate surface area is 152 Å². The normalized spacial score (nSPS) is 11.3. The topological polar surface area (TPSA) is 75.7 Å². The van der Waals surface area contributed by atoms with Crippen molar-refractivity contribution in [1.29, 1.82) is 0 Å². The average Bonchev–Trinajstić information content (AvgIpc) is 2.63. The lowest BCUT2D eigenvalue weighted by molar-refractivity contribution is -0.140. The quantitative estimate of drug-likeness (QED) is 0.809. The van der Waals surface area contributed by atoms with Crippen LogP contribution in [-0.4, -0.2) is 42.4 Å². The van der Waals surface area contributed by atoms with Gasteiger partial charge in [-0.15, -0.1) is 0 Å². The number of benzene rings is 2. The van der Waals surface area contributed by atoms with Gasteiger partial charge in [-0.25, -0.2) is 4.79 Å². The molecule has 136 valence electrons. The molecule has 1 atom stereocenters. The van der Waals surface area contributed by atoms with Crippen LogP contribution in [0.25, 0.3) is 0 Å². The number of aryl methyl sites for hydroxylation is 1. The molecule has 0 aliphatic carbocycles. The van der Waals surface area contributed by atoms with Gasteiger partial charge >= 0.3 is 5.97 Å². The molecule has 2 amide bonds. The van der Waals surface area contributed by atoms with Gasteiger partial charge in [0.2, 0.25) is 5.91 Å². The zero-order valence-electron chi connectivity index (χ0n) is 15.1. The molecule has 0 radical (unpaired) electrons. The van der Waals surface area contributed by atoms with E-state index in [0.717, 1.165) is 5.56 Å². The van der Waals surface area contributed by atoms with E-state index in [0.29, 0.717) is 11.3 Å². The van der Waals surface area contributed by atoms with Crippen molar-refractivity contribution in [1.82, 2.24) is 4.90 Å². The van der Waals surface area contributed by atoms with E-state index in [1.165, 1.54) is 18.9 Å². The minimum atomic E-state index is -0.986. The second-order valence-corrected chi connectivity index (χ2v) is 6.02. The first kappa shape index (κ1) is 19.2. The van der Waals surface area contributed by atoms with Crippen LogP contribution in [0.3, 0.4) is 0 Å². The lowest BCUT2D eigenvalue weighted by Crippen LogP contribution is -2.41. The van der Waals surface area contributed by atoms with Gasteiger partial charge in [-0.05, 0) is 38.1 Å². The third-order valence-corrected chi connectivity index (χ3v) is 3.73. The Kier molecular flexibility index (Phi) is 6.49. The van der Waals surface area contributed by atoms with Crippen molar-refractivity contribution in [3.63, 3.8) is 0 Å². The van der Waals surface area contributed by atoms with Gasteiger partial charge in [0.25, 0.3) is 5.91 Å². The molecule has 26 heavy (non-hydrogen) atoms. The predicted octanol–water partition coefficient (Wildman–Crippen LogP) is 2.64. The van der Waals surface area contributed by atoms with Crippen LogP contribution in [0.2, 0.25) is 0 Å². The van der Waals surface area contributed by atoms with Crippen LogP contribution in [0.1, 0.15) is 22.8 Å². The molecule has 0 unspecified atom stereocenters. The Morgan fingerprint density at radius 3 is 2.27 bits per heavy atom. The van der Waals surface area contributed by atoms with Gasteiger partial charge in [0, 0.05) is 12.7 Å². The zero-order chi connectivity index (χ0) is 19.1. The van der Waals surface area contributed by atoms with Crippen LogP contribution in [0.5, 0.6) is 0 Å². The number of carbonyl (C=O) groups excluding carboxylic acids is 3. The largest absolute Gasteiger partial charge is 0.449 e. The van der Waals surface area contributed by atoms with E-state index in [1.807, 2.05) is 19.1 Å². The van der Waals surface area contributed by atoms with Crippen molar-refractivity contribution >= 4 is 23.5 Å². The molecular weight excluding hydrogens is 332 g/mol. The number of amides is 2. The molecule has 0 aliphatic rings. The second kappa shape index (κ2) is 8.80. The van der Waals surface area contributed by atoms with Crippen molar-refractivity contribution in [2.24, 2.45) is 0 Å². The Morgan fingerprint density at radius 1 is 1.04 bits per heavy atom. The van der Waals surface area contributed by atoms with E-state index >= 15 is 0 Å². The number of nitrogens with zero attached hydrogens (tertiary/aromatic N) is 1. The summed E-state index contributed by atoms with van der Waals surface area (Å²) in [5.74, 6) is -1.36. The summed E-state index contributed by atoms with van der Waals surface area (Å²) in [7, 11) is 1.49. The van der Waals surface area contributed by atoms with Gasteiger partial charge in [-0.3, -0.25) is 9.59 Å². The van der Waals surface area contributed by atoms with Crippen LogP contribution >= 0.6 is 0 Å². The standard InChI is InChI=1S/C20H22N2O4/c1-14-9-11-17(12-10-14)21-18(23)13-22(3)19(24)15(2)26-20(25)16-7-5-4-6-8-16/h4-12,15H,13H2,1-3H3,(H,21,23)/t15-/m0/s1. The second-order valence-electron chi connectivity index (χ2n) is 6.02. The van der Waals surface area contributed by atoms with Crippen LogP contribution in [-0.2, 0) is 14.3 Å². The highest BCUT2D eigenvalue weighted by Gasteiger charge is 2.23. The first-order chi connectivity index (χ1) is 12.4. The summed E-state index contributed by atoms with van der Waals surface area (Å²) in [6.45, 7) is 3.30. The van der Waals surface area contributed by atoms with Crippen LogP contribution in [0.15, 0.2) is 54.6 Å². The molecule has 0 saturated heterocycles. The highest BCUT2D eigenvalue weighted by molar-refractivity contribution is 5.96. The SMILES string of the molecule is Cc1ccc(NC(=O)CN(C)C(=O)[C@H](C)OC(=O)c2ccccc2)cc1. The van der Waals surface area contributed by atoms with Gasteiger partial charge in [-0.2, -0.15) is 0 Å². The van der Waals surface area contributed by atoms with Crippen LogP contribution in [0.4, 0.5) is 5.69 Å². The maximum absolute atomic E-state index is 12.3. The number of hydrogen-bond acceptors (Lipinski definition) is 4. The Bertz CT molecular complexity index is 772. The van der Waals surface area contributed by atoms with E-state index in [2.05, 4.69) is 5.32 Å². The number of ether oxygens (including phenoxy) is 1. The number of carbonyl (C=O) groups is 3. The Balaban J connectivity index is 1.86. The lowest BCUT2D eigenvalue weighted by atomic mass is 10.2. The highest BCUT2D eigenvalue weighted by atomic mass is 16.5. The fourth-order valence-corrected chi connectivity index (χ4v) is 2.29. The number of likely N-dealkylation sites (N-methyl/N-ethyl adjacent to an activating group) is 1. The van der Waals surface area contributed by atoms with E-state index in [1.54, 1.807) is 42.5 Å². The van der Waals surface area contributed by atoms with E-state index in [4.69, 9.17) is 4.74 Å². The first-order valence-electron chi connectivity index (χ1n) is 8.24. The van der Waals surface area contributed by atoms with E-state index in [9.17, 15) is 14.4 Å². The molecule has 2 rings (SSSR count). The zero-order valence-corrected chi connectivity index (χ0v) is 15.1. The van der Waals surface area contributed by atoms with Gasteiger partial charge in [0.1, 0.15) is 0 Å². The fraction of sp³-hybridized carbons (Fsp3) is 0.250. The maximum Gasteiger partial charge on any atom is 0.338 e. The average molecular weight is 354 g/mol. The highest BCUT2D eigenvalue weighted by Crippen LogP contribution is 2.09. The summed E-state index contributed by atoms with van der Waals surface area (Å²) in [4.78, 5) is 37.6. The first-order valence-corrected chi connectivity index (χ1v) is 8.24. The van der Waals surface area contributed by atoms with Crippen molar-refractivity contribution in [2.75, 3.05) is 18.9 Å². The van der Waals surface area contributed by atoms with Gasteiger partial charge in [0.05, 0.1) is 12.1 Å². The summed E-state index contributed by atoms with van der Waals surface area (Å²) in [5, 5.41) is 2.72. The van der Waals surface area contributed by atoms with Crippen molar-refractivity contribution in [3.8, 4) is 0 Å². The summed E-state index contributed by atoms with van der Waals surface area (Å²) in [6, 6.07) is 15.8. The fourth-order valence-electron chi connectivity index (χ4n) is 2.29. The maximum atomic E-state index is 12.3. The molecule has 0 bridgehead atoms. The molecule has 1 N–H and O–H groups in total. The molecule has 2 aromatic rings. The Hall–Kier alpha value is -3.15. The molecule has 0 fully saturated rings. The van der Waals surface area contributed by atoms with Crippen LogP contribution in [0, 0.1) is 6.92 Å². The molecule has 6 heteroatoms. The monoisotopic (exact) mass is 354 g/mol. The molecule has 0 spiro atoms.